The standard InChI is InChI=1S/C24H26ClF6N3O2/c1-15(16-9-18(23(26,27)28)11-19(10-16)24(29,30)31)36-13-22(17-5-3-2-4-6-17)8-7-20(12-33-22)34-21(35)32-14-25/h2-6,9-11,15,20,33H,7-8,12-14H2,1H3,(H2,32,34,35)/t15?,20-,22?/m0/s1. The molecule has 0 radical (unpaired) electrons. The molecule has 1 saturated heterocycles. The minimum absolute atomic E-state index is 0.0175. The van der Waals surface area contributed by atoms with Crippen molar-refractivity contribution in [3.63, 3.8) is 0 Å². The van der Waals surface area contributed by atoms with Gasteiger partial charge in [0.1, 0.15) is 0 Å². The van der Waals surface area contributed by atoms with Gasteiger partial charge in [-0.1, -0.05) is 30.3 Å². The van der Waals surface area contributed by atoms with E-state index in [-0.39, 0.29) is 30.3 Å². The highest BCUT2D eigenvalue weighted by molar-refractivity contribution is 6.18. The summed E-state index contributed by atoms with van der Waals surface area (Å²) in [6, 6.07) is 9.98. The average Bonchev–Trinajstić information content (AvgIpc) is 2.83. The Morgan fingerprint density at radius 2 is 1.72 bits per heavy atom. The lowest BCUT2D eigenvalue weighted by atomic mass is 9.81. The first kappa shape index (κ1) is 28.1. The van der Waals surface area contributed by atoms with E-state index < -0.39 is 41.2 Å². The minimum Gasteiger partial charge on any atom is -0.372 e. The van der Waals surface area contributed by atoms with E-state index in [1.165, 1.54) is 6.92 Å². The van der Waals surface area contributed by atoms with Crippen LogP contribution in [0.5, 0.6) is 0 Å². The third-order valence-electron chi connectivity index (χ3n) is 6.15. The molecule has 5 nitrogen and oxygen atoms in total. The van der Waals surface area contributed by atoms with Crippen molar-refractivity contribution in [1.82, 2.24) is 16.0 Å². The summed E-state index contributed by atoms with van der Waals surface area (Å²) in [6.45, 7) is 1.76. The van der Waals surface area contributed by atoms with Crippen LogP contribution in [0.25, 0.3) is 0 Å². The average molecular weight is 538 g/mol. The second kappa shape index (κ2) is 11.3. The Morgan fingerprint density at radius 1 is 1.11 bits per heavy atom. The van der Waals surface area contributed by atoms with Crippen LogP contribution in [0.1, 0.15) is 48.1 Å². The molecule has 0 aromatic heterocycles. The van der Waals surface area contributed by atoms with Crippen LogP contribution in [0.15, 0.2) is 48.5 Å². The van der Waals surface area contributed by atoms with Crippen LogP contribution in [0, 0.1) is 0 Å². The van der Waals surface area contributed by atoms with E-state index in [1.807, 2.05) is 30.3 Å². The molecular weight excluding hydrogens is 512 g/mol. The highest BCUT2D eigenvalue weighted by Gasteiger charge is 2.39. The molecule has 2 aromatic carbocycles. The number of urea groups is 1. The van der Waals surface area contributed by atoms with E-state index in [0.717, 1.165) is 5.56 Å². The van der Waals surface area contributed by atoms with Gasteiger partial charge >= 0.3 is 18.4 Å². The largest absolute Gasteiger partial charge is 0.416 e. The molecule has 3 atom stereocenters. The van der Waals surface area contributed by atoms with Crippen LogP contribution in [0.4, 0.5) is 31.1 Å². The molecule has 0 saturated carbocycles. The molecule has 1 heterocycles. The van der Waals surface area contributed by atoms with E-state index >= 15 is 0 Å². The summed E-state index contributed by atoms with van der Waals surface area (Å²) >= 11 is 5.50. The number of halogens is 7. The van der Waals surface area contributed by atoms with Gasteiger partial charge in [0.05, 0.1) is 35.4 Å². The Hall–Kier alpha value is -2.50. The lowest BCUT2D eigenvalue weighted by molar-refractivity contribution is -0.143. The fourth-order valence-electron chi connectivity index (χ4n) is 4.14. The number of ether oxygens (including phenoxy) is 1. The molecule has 1 aliphatic heterocycles. The Balaban J connectivity index is 1.80. The zero-order chi connectivity index (χ0) is 26.6. The Labute approximate surface area is 209 Å². The number of carbonyl (C=O) groups is 1. The zero-order valence-corrected chi connectivity index (χ0v) is 20.0. The summed E-state index contributed by atoms with van der Waals surface area (Å²) in [7, 11) is 0. The number of carbonyl (C=O) groups excluding carboxylic acids is 1. The van der Waals surface area contributed by atoms with E-state index in [0.29, 0.717) is 31.5 Å². The van der Waals surface area contributed by atoms with Gasteiger partial charge in [-0.05, 0) is 49.1 Å². The molecule has 1 aliphatic rings. The van der Waals surface area contributed by atoms with Gasteiger partial charge in [0.25, 0.3) is 0 Å². The van der Waals surface area contributed by atoms with Crippen molar-refractivity contribution in [1.29, 1.82) is 0 Å². The SMILES string of the molecule is CC(OCC1(c2ccccc2)CC[C@H](NC(=O)NCCl)CN1)c1cc(C(F)(F)F)cc(C(F)(F)F)c1. The quantitative estimate of drug-likeness (QED) is 0.232. The fraction of sp³-hybridized carbons (Fsp3) is 0.458. The lowest BCUT2D eigenvalue weighted by Crippen LogP contribution is -2.58. The van der Waals surface area contributed by atoms with Crippen molar-refractivity contribution in [2.24, 2.45) is 0 Å². The molecule has 2 unspecified atom stereocenters. The topological polar surface area (TPSA) is 62.4 Å². The van der Waals surface area contributed by atoms with Crippen molar-refractivity contribution in [2.45, 2.75) is 49.8 Å². The lowest BCUT2D eigenvalue weighted by Gasteiger charge is -2.42. The summed E-state index contributed by atoms with van der Waals surface area (Å²) in [4.78, 5) is 11.8. The zero-order valence-electron chi connectivity index (χ0n) is 19.3. The number of piperidine rings is 1. The summed E-state index contributed by atoms with van der Waals surface area (Å²) in [5.74, 6) is 0. The van der Waals surface area contributed by atoms with Crippen molar-refractivity contribution >= 4 is 17.6 Å². The normalized spacial score (nSPS) is 21.6. The molecule has 2 amide bonds. The second-order valence-corrected chi connectivity index (χ2v) is 8.91. The number of nitrogens with one attached hydrogen (secondary N) is 3. The molecule has 2 aromatic rings. The number of alkyl halides is 7. The smallest absolute Gasteiger partial charge is 0.372 e. The maximum absolute atomic E-state index is 13.3. The number of rotatable bonds is 7. The third kappa shape index (κ3) is 7.04. The van der Waals surface area contributed by atoms with Gasteiger partial charge in [-0.2, -0.15) is 26.3 Å². The predicted octanol–water partition coefficient (Wildman–Crippen LogP) is 5.94. The van der Waals surface area contributed by atoms with E-state index in [2.05, 4.69) is 16.0 Å². The molecule has 198 valence electrons. The van der Waals surface area contributed by atoms with Gasteiger partial charge in [-0.25, -0.2) is 4.79 Å². The molecule has 0 spiro atoms. The monoisotopic (exact) mass is 537 g/mol. The van der Waals surface area contributed by atoms with Crippen molar-refractivity contribution in [3.8, 4) is 0 Å². The summed E-state index contributed by atoms with van der Waals surface area (Å²) in [5, 5.41) is 8.59. The van der Waals surface area contributed by atoms with Crippen molar-refractivity contribution < 1.29 is 35.9 Å². The van der Waals surface area contributed by atoms with Crippen LogP contribution >= 0.6 is 11.6 Å². The van der Waals surface area contributed by atoms with Crippen LogP contribution in [-0.2, 0) is 22.6 Å². The number of benzene rings is 2. The highest BCUT2D eigenvalue weighted by Crippen LogP contribution is 2.39. The van der Waals surface area contributed by atoms with Gasteiger partial charge in [0, 0.05) is 12.6 Å². The van der Waals surface area contributed by atoms with Crippen LogP contribution in [0.3, 0.4) is 0 Å². The molecule has 36 heavy (non-hydrogen) atoms. The highest BCUT2D eigenvalue weighted by atomic mass is 35.5. The molecule has 3 N–H and O–H groups in total. The fourth-order valence-corrected chi connectivity index (χ4v) is 4.26. The third-order valence-corrected chi connectivity index (χ3v) is 6.29. The Kier molecular flexibility index (Phi) is 8.79. The summed E-state index contributed by atoms with van der Waals surface area (Å²) < 4.78 is 85.5. The van der Waals surface area contributed by atoms with Gasteiger partial charge in [-0.15, -0.1) is 11.6 Å². The summed E-state index contributed by atoms with van der Waals surface area (Å²) in [6.07, 6.45) is -9.89. The predicted molar refractivity (Wildman–Crippen MR) is 122 cm³/mol. The van der Waals surface area contributed by atoms with Crippen LogP contribution in [-0.4, -0.2) is 31.2 Å². The van der Waals surface area contributed by atoms with E-state index in [9.17, 15) is 31.1 Å². The minimum atomic E-state index is -4.94. The Bertz CT molecular complexity index is 992. The van der Waals surface area contributed by atoms with Gasteiger partial charge in [0.15, 0.2) is 0 Å². The maximum atomic E-state index is 13.3. The molecule has 0 bridgehead atoms. The first-order valence-electron chi connectivity index (χ1n) is 11.2. The molecular formula is C24H26ClF6N3O2. The summed E-state index contributed by atoms with van der Waals surface area (Å²) in [5.41, 5.74) is -2.92. The van der Waals surface area contributed by atoms with Gasteiger partial charge in [0.2, 0.25) is 0 Å². The molecule has 3 rings (SSSR count). The molecule has 0 aliphatic carbocycles. The number of hydrogen-bond acceptors (Lipinski definition) is 3. The second-order valence-electron chi connectivity index (χ2n) is 8.64. The van der Waals surface area contributed by atoms with Crippen molar-refractivity contribution in [3.05, 3.63) is 70.8 Å². The van der Waals surface area contributed by atoms with Gasteiger partial charge < -0.3 is 20.7 Å². The van der Waals surface area contributed by atoms with Gasteiger partial charge in [-0.3, -0.25) is 0 Å². The number of amides is 2. The van der Waals surface area contributed by atoms with Crippen LogP contribution < -0.4 is 16.0 Å². The van der Waals surface area contributed by atoms with E-state index in [4.69, 9.17) is 16.3 Å². The molecule has 1 fully saturated rings. The van der Waals surface area contributed by atoms with Crippen LogP contribution in [0.2, 0.25) is 0 Å². The molecule has 12 heteroatoms. The maximum Gasteiger partial charge on any atom is 0.416 e. The first-order chi connectivity index (χ1) is 16.8. The van der Waals surface area contributed by atoms with Crippen molar-refractivity contribution in [2.75, 3.05) is 19.2 Å². The number of hydrogen-bond donors (Lipinski definition) is 3. The Morgan fingerprint density at radius 3 is 2.22 bits per heavy atom. The van der Waals surface area contributed by atoms with E-state index in [1.54, 1.807) is 0 Å². The first-order valence-corrected chi connectivity index (χ1v) is 11.7.